The van der Waals surface area contributed by atoms with Gasteiger partial charge >= 0.3 is 6.18 Å². The zero-order valence-corrected chi connectivity index (χ0v) is 16.1. The van der Waals surface area contributed by atoms with E-state index >= 15 is 0 Å². The summed E-state index contributed by atoms with van der Waals surface area (Å²) in [6.07, 6.45) is 0.565. The van der Waals surface area contributed by atoms with Crippen LogP contribution in [0.5, 0.6) is 5.88 Å². The highest BCUT2D eigenvalue weighted by molar-refractivity contribution is 5.27. The van der Waals surface area contributed by atoms with E-state index in [0.29, 0.717) is 23.4 Å². The fraction of sp³-hybridized carbons (Fsp3) is 0.667. The Balaban J connectivity index is 1.71. The minimum atomic E-state index is -4.62. The summed E-state index contributed by atoms with van der Waals surface area (Å²) in [5.74, 6) is 0.924. The Morgan fingerprint density at radius 3 is 2.71 bits per heavy atom. The molecule has 2 N–H and O–H groups in total. The summed E-state index contributed by atoms with van der Waals surface area (Å²) in [6, 6.07) is 0.981. The van der Waals surface area contributed by atoms with E-state index in [1.54, 1.807) is 6.20 Å². The number of halogens is 3. The molecule has 7 nitrogen and oxygen atoms in total. The lowest BCUT2D eigenvalue weighted by molar-refractivity contribution is -0.141. The van der Waals surface area contributed by atoms with E-state index in [0.717, 1.165) is 18.9 Å². The first-order chi connectivity index (χ1) is 13.1. The van der Waals surface area contributed by atoms with Crippen molar-refractivity contribution in [3.05, 3.63) is 23.7 Å². The van der Waals surface area contributed by atoms with Crippen LogP contribution in [0.4, 0.5) is 19.1 Å². The molecule has 1 saturated carbocycles. The molecule has 28 heavy (non-hydrogen) atoms. The Morgan fingerprint density at radius 2 is 2.04 bits per heavy atom. The monoisotopic (exact) mass is 398 g/mol. The topological polar surface area (TPSA) is 91.7 Å². The van der Waals surface area contributed by atoms with Crippen molar-refractivity contribution < 1.29 is 17.9 Å². The molecule has 10 heteroatoms. The number of alkyl halides is 3. The van der Waals surface area contributed by atoms with Crippen LogP contribution in [0.2, 0.25) is 0 Å². The van der Waals surface area contributed by atoms with Crippen molar-refractivity contribution in [2.75, 3.05) is 5.73 Å². The first-order valence-corrected chi connectivity index (χ1v) is 9.38. The quantitative estimate of drug-likeness (QED) is 0.822. The number of nitrogens with two attached hydrogens (primary N) is 1. The Kier molecular flexibility index (Phi) is 5.76. The van der Waals surface area contributed by atoms with E-state index in [2.05, 4.69) is 41.1 Å². The van der Waals surface area contributed by atoms with Crippen molar-refractivity contribution in [3.8, 4) is 5.88 Å². The molecule has 0 radical (unpaired) electrons. The lowest BCUT2D eigenvalue weighted by atomic mass is 9.74. The molecule has 154 valence electrons. The fourth-order valence-corrected chi connectivity index (χ4v) is 3.81. The molecule has 3 atom stereocenters. The van der Waals surface area contributed by atoms with Crippen molar-refractivity contribution in [2.45, 2.75) is 58.9 Å². The van der Waals surface area contributed by atoms with E-state index in [1.807, 2.05) is 4.68 Å². The number of hydrogen-bond acceptors (Lipinski definition) is 6. The molecule has 0 bridgehead atoms. The highest BCUT2D eigenvalue weighted by Gasteiger charge is 2.34. The van der Waals surface area contributed by atoms with E-state index in [1.165, 1.54) is 6.42 Å². The highest BCUT2D eigenvalue weighted by Crippen LogP contribution is 2.40. The van der Waals surface area contributed by atoms with Crippen LogP contribution in [-0.2, 0) is 12.8 Å². The Labute approximate surface area is 161 Å². The predicted octanol–water partition coefficient (Wildman–Crippen LogP) is 3.88. The van der Waals surface area contributed by atoms with E-state index in [-0.39, 0.29) is 18.5 Å². The van der Waals surface area contributed by atoms with Gasteiger partial charge in [0.05, 0.1) is 12.2 Å². The molecule has 0 amide bonds. The van der Waals surface area contributed by atoms with Crippen LogP contribution in [0.25, 0.3) is 0 Å². The van der Waals surface area contributed by atoms with Crippen LogP contribution >= 0.6 is 0 Å². The number of nitrogens with zero attached hydrogens (tertiary/aromatic N) is 5. The molecule has 1 aliphatic rings. The maximum Gasteiger partial charge on any atom is 0.433 e. The molecule has 0 saturated heterocycles. The lowest BCUT2D eigenvalue weighted by Gasteiger charge is -2.37. The summed E-state index contributed by atoms with van der Waals surface area (Å²) >= 11 is 0. The Hall–Kier alpha value is -2.39. The van der Waals surface area contributed by atoms with Gasteiger partial charge in [-0.25, -0.2) is 9.67 Å². The Bertz CT molecular complexity index is 807. The second kappa shape index (κ2) is 7.92. The van der Waals surface area contributed by atoms with Crippen LogP contribution in [0.1, 0.15) is 57.5 Å². The maximum atomic E-state index is 12.8. The molecule has 3 unspecified atom stereocenters. The number of rotatable bonds is 5. The third kappa shape index (κ3) is 4.71. The minimum Gasteiger partial charge on any atom is -0.471 e. The molecule has 3 rings (SSSR count). The summed E-state index contributed by atoms with van der Waals surface area (Å²) in [5, 5.41) is 8.35. The second-order valence-electron chi connectivity index (χ2n) is 7.82. The summed E-state index contributed by atoms with van der Waals surface area (Å²) in [4.78, 5) is 6.88. The van der Waals surface area contributed by atoms with Crippen LogP contribution in [-0.4, -0.2) is 25.0 Å². The molecule has 0 aromatic carbocycles. The van der Waals surface area contributed by atoms with Gasteiger partial charge in [-0.3, -0.25) is 0 Å². The Morgan fingerprint density at radius 1 is 1.29 bits per heavy atom. The van der Waals surface area contributed by atoms with Crippen molar-refractivity contribution >= 4 is 5.95 Å². The summed E-state index contributed by atoms with van der Waals surface area (Å²) in [7, 11) is 0. The van der Waals surface area contributed by atoms with Crippen LogP contribution in [0.15, 0.2) is 12.3 Å². The third-order valence-corrected chi connectivity index (χ3v) is 5.26. The van der Waals surface area contributed by atoms with Gasteiger partial charge in [0.2, 0.25) is 11.8 Å². The number of ether oxygens (including phenoxy) is 1. The molecule has 0 aliphatic heterocycles. The van der Waals surface area contributed by atoms with Gasteiger partial charge in [0.15, 0.2) is 5.69 Å². The number of nitrogen functional groups attached to an aromatic ring is 1. The predicted molar refractivity (Wildman–Crippen MR) is 96.2 cm³/mol. The summed E-state index contributed by atoms with van der Waals surface area (Å²) in [6.45, 7) is 6.61. The summed E-state index contributed by atoms with van der Waals surface area (Å²) < 4.78 is 45.7. The summed E-state index contributed by atoms with van der Waals surface area (Å²) in [5.41, 5.74) is 4.72. The van der Waals surface area contributed by atoms with Gasteiger partial charge in [-0.15, -0.1) is 5.10 Å². The third-order valence-electron chi connectivity index (χ3n) is 5.26. The minimum absolute atomic E-state index is 0.0532. The van der Waals surface area contributed by atoms with Crippen LogP contribution < -0.4 is 10.5 Å². The van der Waals surface area contributed by atoms with Crippen molar-refractivity contribution in [1.29, 1.82) is 0 Å². The van der Waals surface area contributed by atoms with Crippen molar-refractivity contribution in [1.82, 2.24) is 25.0 Å². The maximum absolute atomic E-state index is 12.8. The normalized spacial score (nSPS) is 23.2. The molecule has 2 heterocycles. The molecule has 1 fully saturated rings. The average molecular weight is 398 g/mol. The smallest absolute Gasteiger partial charge is 0.433 e. The first-order valence-electron chi connectivity index (χ1n) is 9.38. The van der Waals surface area contributed by atoms with Gasteiger partial charge in [0, 0.05) is 6.07 Å². The van der Waals surface area contributed by atoms with Crippen LogP contribution in [0.3, 0.4) is 0 Å². The zero-order chi connectivity index (χ0) is 20.5. The van der Waals surface area contributed by atoms with Crippen LogP contribution in [0, 0.1) is 17.8 Å². The molecule has 2 aromatic rings. The van der Waals surface area contributed by atoms with E-state index in [4.69, 9.17) is 10.5 Å². The van der Waals surface area contributed by atoms with Crippen molar-refractivity contribution in [3.63, 3.8) is 0 Å². The van der Waals surface area contributed by atoms with Gasteiger partial charge in [0.25, 0.3) is 0 Å². The second-order valence-corrected chi connectivity index (χ2v) is 7.82. The van der Waals surface area contributed by atoms with Gasteiger partial charge < -0.3 is 10.5 Å². The first kappa shape index (κ1) is 20.3. The molecular formula is C18H25F3N6O. The average Bonchev–Trinajstić information content (AvgIpc) is 3.07. The molecule has 0 spiro atoms. The largest absolute Gasteiger partial charge is 0.471 e. The number of hydrogen-bond donors (Lipinski definition) is 1. The van der Waals surface area contributed by atoms with Gasteiger partial charge in [-0.05, 0) is 30.6 Å². The SMILES string of the molecule is CC1CCC(C(C)C)C(n2cc(COc3cc(C(F)(F)F)nc(N)n3)nn2)C1. The molecule has 2 aromatic heterocycles. The van der Waals surface area contributed by atoms with Gasteiger partial charge in [-0.1, -0.05) is 32.4 Å². The number of anilines is 1. The zero-order valence-electron chi connectivity index (χ0n) is 16.1. The molecule has 1 aliphatic carbocycles. The highest BCUT2D eigenvalue weighted by atomic mass is 19.4. The van der Waals surface area contributed by atoms with Gasteiger partial charge in [-0.2, -0.15) is 18.2 Å². The molecular weight excluding hydrogens is 373 g/mol. The fourth-order valence-electron chi connectivity index (χ4n) is 3.81. The standard InChI is InChI=1S/C18H25F3N6O/c1-10(2)13-5-4-11(3)6-14(13)27-8-12(25-26-27)9-28-16-7-15(18(19,20)21)23-17(22)24-16/h7-8,10-11,13-14H,4-6,9H2,1-3H3,(H2,22,23,24). The van der Waals surface area contributed by atoms with E-state index in [9.17, 15) is 13.2 Å². The van der Waals surface area contributed by atoms with E-state index < -0.39 is 17.8 Å². The number of aromatic nitrogens is 5. The van der Waals surface area contributed by atoms with Gasteiger partial charge in [0.1, 0.15) is 12.3 Å². The lowest BCUT2D eigenvalue weighted by Crippen LogP contribution is -2.30. The van der Waals surface area contributed by atoms with Crippen molar-refractivity contribution in [2.24, 2.45) is 17.8 Å².